The van der Waals surface area contributed by atoms with Crippen molar-refractivity contribution in [1.82, 2.24) is 9.88 Å². The zero-order valence-electron chi connectivity index (χ0n) is 15.2. The molecule has 27 heavy (non-hydrogen) atoms. The molecule has 7 heteroatoms. The van der Waals surface area contributed by atoms with Gasteiger partial charge in [-0.2, -0.15) is 0 Å². The molecular formula is C20H19ClN2O4. The minimum Gasteiger partial charge on any atom is -0.468 e. The lowest BCUT2D eigenvalue weighted by Gasteiger charge is -2.09. The number of hydrogen-bond donors (Lipinski definition) is 1. The lowest BCUT2D eigenvalue weighted by Crippen LogP contribution is -2.17. The Morgan fingerprint density at radius 1 is 1.15 bits per heavy atom. The number of fused-ring (bicyclic) bond motifs is 1. The fourth-order valence-corrected chi connectivity index (χ4v) is 3.06. The summed E-state index contributed by atoms with van der Waals surface area (Å²) in [6, 6.07) is 12.2. The SMILES string of the molecule is CNC(=O)c1ccc(Oc2c(C)n(CC(=O)OC)c3ccc(Cl)cc23)cc1. The molecular weight excluding hydrogens is 368 g/mol. The fraction of sp³-hybridized carbons (Fsp3) is 0.200. The minimum atomic E-state index is -0.355. The normalized spacial score (nSPS) is 10.7. The molecule has 0 fully saturated rings. The Kier molecular flexibility index (Phi) is 5.37. The number of nitrogens with one attached hydrogen (secondary N) is 1. The third kappa shape index (κ3) is 3.75. The van der Waals surface area contributed by atoms with E-state index in [1.165, 1.54) is 7.11 Å². The highest BCUT2D eigenvalue weighted by atomic mass is 35.5. The third-order valence-corrected chi connectivity index (χ3v) is 4.54. The first-order valence-electron chi connectivity index (χ1n) is 8.29. The first-order chi connectivity index (χ1) is 12.9. The van der Waals surface area contributed by atoms with E-state index in [9.17, 15) is 9.59 Å². The molecule has 0 unspecified atom stereocenters. The van der Waals surface area contributed by atoms with E-state index in [-0.39, 0.29) is 18.4 Å². The first kappa shape index (κ1) is 18.8. The second kappa shape index (κ2) is 7.72. The topological polar surface area (TPSA) is 69.6 Å². The molecule has 0 aliphatic heterocycles. The molecule has 0 spiro atoms. The van der Waals surface area contributed by atoms with Gasteiger partial charge < -0.3 is 19.4 Å². The molecule has 2 aromatic carbocycles. The van der Waals surface area contributed by atoms with E-state index in [0.717, 1.165) is 16.6 Å². The standard InChI is InChI=1S/C20H19ClN2O4/c1-12-19(27-15-7-4-13(5-8-15)20(25)22-2)16-10-14(21)6-9-17(16)23(12)11-18(24)26-3/h4-10H,11H2,1-3H3,(H,22,25). The van der Waals surface area contributed by atoms with Crippen molar-refractivity contribution in [2.45, 2.75) is 13.5 Å². The van der Waals surface area contributed by atoms with Crippen molar-refractivity contribution in [3.63, 3.8) is 0 Å². The Bertz CT molecular complexity index is 1010. The number of aromatic nitrogens is 1. The number of nitrogens with zero attached hydrogens (tertiary/aromatic N) is 1. The van der Waals surface area contributed by atoms with Crippen LogP contribution in [0.1, 0.15) is 16.1 Å². The van der Waals surface area contributed by atoms with Gasteiger partial charge >= 0.3 is 5.97 Å². The Hall–Kier alpha value is -2.99. The van der Waals surface area contributed by atoms with Crippen LogP contribution in [0.4, 0.5) is 0 Å². The molecule has 0 saturated heterocycles. The Morgan fingerprint density at radius 3 is 2.48 bits per heavy atom. The van der Waals surface area contributed by atoms with Crippen LogP contribution in [0.15, 0.2) is 42.5 Å². The maximum absolute atomic E-state index is 11.8. The summed E-state index contributed by atoms with van der Waals surface area (Å²) in [5.74, 6) is 0.651. The summed E-state index contributed by atoms with van der Waals surface area (Å²) in [6.07, 6.45) is 0. The van der Waals surface area contributed by atoms with E-state index >= 15 is 0 Å². The zero-order valence-corrected chi connectivity index (χ0v) is 16.0. The number of hydrogen-bond acceptors (Lipinski definition) is 4. The van der Waals surface area contributed by atoms with Crippen LogP contribution in [0.2, 0.25) is 5.02 Å². The highest BCUT2D eigenvalue weighted by Gasteiger charge is 2.18. The van der Waals surface area contributed by atoms with E-state index < -0.39 is 0 Å². The van der Waals surface area contributed by atoms with Crippen molar-refractivity contribution in [2.75, 3.05) is 14.2 Å². The first-order valence-corrected chi connectivity index (χ1v) is 8.67. The van der Waals surface area contributed by atoms with Crippen LogP contribution < -0.4 is 10.1 Å². The zero-order chi connectivity index (χ0) is 19.6. The lowest BCUT2D eigenvalue weighted by molar-refractivity contribution is -0.141. The Morgan fingerprint density at radius 2 is 1.85 bits per heavy atom. The summed E-state index contributed by atoms with van der Waals surface area (Å²) in [4.78, 5) is 23.5. The second-order valence-corrected chi connectivity index (χ2v) is 6.38. The average molecular weight is 387 g/mol. The molecule has 0 atom stereocenters. The van der Waals surface area contributed by atoms with Gasteiger partial charge in [-0.3, -0.25) is 9.59 Å². The lowest BCUT2D eigenvalue weighted by atomic mass is 10.2. The monoisotopic (exact) mass is 386 g/mol. The van der Waals surface area contributed by atoms with Crippen LogP contribution in [0.3, 0.4) is 0 Å². The number of ether oxygens (including phenoxy) is 2. The van der Waals surface area contributed by atoms with E-state index in [1.807, 2.05) is 17.6 Å². The summed E-state index contributed by atoms with van der Waals surface area (Å²) in [5, 5.41) is 3.93. The van der Waals surface area contributed by atoms with Gasteiger partial charge in [0.25, 0.3) is 5.91 Å². The molecule has 0 radical (unpaired) electrons. The van der Waals surface area contributed by atoms with Gasteiger partial charge in [0, 0.05) is 23.0 Å². The van der Waals surface area contributed by atoms with Crippen LogP contribution in [-0.4, -0.2) is 30.6 Å². The molecule has 1 aromatic heterocycles. The number of amides is 1. The molecule has 1 amide bonds. The van der Waals surface area contributed by atoms with Crippen LogP contribution in [0.25, 0.3) is 10.9 Å². The molecule has 1 N–H and O–H groups in total. The summed E-state index contributed by atoms with van der Waals surface area (Å²) in [7, 11) is 2.93. The molecule has 140 valence electrons. The van der Waals surface area contributed by atoms with Crippen molar-refractivity contribution in [1.29, 1.82) is 0 Å². The quantitative estimate of drug-likeness (QED) is 0.674. The van der Waals surface area contributed by atoms with Crippen molar-refractivity contribution in [2.24, 2.45) is 0 Å². The van der Waals surface area contributed by atoms with Crippen LogP contribution in [-0.2, 0) is 16.1 Å². The molecule has 0 aliphatic rings. The number of halogens is 1. The predicted octanol–water partition coefficient (Wildman–Crippen LogP) is 3.93. The molecule has 0 saturated carbocycles. The minimum absolute atomic E-state index is 0.0689. The second-order valence-electron chi connectivity index (χ2n) is 5.94. The summed E-state index contributed by atoms with van der Waals surface area (Å²) in [5.41, 5.74) is 2.13. The molecule has 0 aliphatic carbocycles. The number of benzene rings is 2. The molecule has 3 aromatic rings. The van der Waals surface area contributed by atoms with Crippen LogP contribution in [0, 0.1) is 6.92 Å². The van der Waals surface area contributed by atoms with Crippen LogP contribution >= 0.6 is 11.6 Å². The number of carbonyl (C=O) groups excluding carboxylic acids is 2. The third-order valence-electron chi connectivity index (χ3n) is 4.31. The van der Waals surface area contributed by atoms with E-state index in [2.05, 4.69) is 5.32 Å². The van der Waals surface area contributed by atoms with Gasteiger partial charge in [0.15, 0.2) is 5.75 Å². The highest BCUT2D eigenvalue weighted by Crippen LogP contribution is 2.37. The van der Waals surface area contributed by atoms with Gasteiger partial charge in [0.1, 0.15) is 12.3 Å². The number of esters is 1. The van der Waals surface area contributed by atoms with Crippen molar-refractivity contribution in [3.05, 3.63) is 58.7 Å². The van der Waals surface area contributed by atoms with Gasteiger partial charge in [0.05, 0.1) is 18.3 Å². The van der Waals surface area contributed by atoms with E-state index in [1.54, 1.807) is 43.4 Å². The maximum Gasteiger partial charge on any atom is 0.325 e. The smallest absolute Gasteiger partial charge is 0.325 e. The molecule has 3 rings (SSSR count). The number of methoxy groups -OCH3 is 1. The van der Waals surface area contributed by atoms with E-state index in [4.69, 9.17) is 21.1 Å². The van der Waals surface area contributed by atoms with Crippen LogP contribution in [0.5, 0.6) is 11.5 Å². The highest BCUT2D eigenvalue weighted by molar-refractivity contribution is 6.31. The van der Waals surface area contributed by atoms with Gasteiger partial charge in [0.2, 0.25) is 0 Å². The van der Waals surface area contributed by atoms with Crippen molar-refractivity contribution >= 4 is 34.4 Å². The fourth-order valence-electron chi connectivity index (χ4n) is 2.89. The van der Waals surface area contributed by atoms with Crippen molar-refractivity contribution in [3.8, 4) is 11.5 Å². The Balaban J connectivity index is 2.03. The summed E-state index contributed by atoms with van der Waals surface area (Å²) < 4.78 is 12.7. The molecule has 6 nitrogen and oxygen atoms in total. The van der Waals surface area contributed by atoms with Gasteiger partial charge in [-0.05, 0) is 49.4 Å². The molecule has 1 heterocycles. The van der Waals surface area contributed by atoms with Gasteiger partial charge in [-0.1, -0.05) is 11.6 Å². The van der Waals surface area contributed by atoms with Gasteiger partial charge in [-0.15, -0.1) is 0 Å². The predicted molar refractivity (Wildman–Crippen MR) is 104 cm³/mol. The Labute approximate surface area is 161 Å². The van der Waals surface area contributed by atoms with E-state index in [0.29, 0.717) is 22.1 Å². The average Bonchev–Trinajstić information content (AvgIpc) is 2.92. The largest absolute Gasteiger partial charge is 0.468 e. The summed E-state index contributed by atoms with van der Waals surface area (Å²) in [6.45, 7) is 1.94. The van der Waals surface area contributed by atoms with Gasteiger partial charge in [-0.25, -0.2) is 0 Å². The number of carbonyl (C=O) groups is 2. The van der Waals surface area contributed by atoms with Crippen molar-refractivity contribution < 1.29 is 19.1 Å². The molecule has 0 bridgehead atoms. The summed E-state index contributed by atoms with van der Waals surface area (Å²) >= 11 is 6.16. The maximum atomic E-state index is 11.8. The number of rotatable bonds is 5.